The number of hydrogen-bond acceptors (Lipinski definition) is 10. The van der Waals surface area contributed by atoms with Gasteiger partial charge in [0.05, 0.1) is 29.4 Å². The van der Waals surface area contributed by atoms with E-state index < -0.39 is 10.6 Å². The second kappa shape index (κ2) is 8.17. The summed E-state index contributed by atoms with van der Waals surface area (Å²) in [7, 11) is 3.12. The molecular formula is C19H15N5O5S. The number of benzene rings is 2. The standard InChI is InChI=1S/C19H15N5O5S/c1-27-11-3-5-12(6-4-11)29-18-16(24(25)26)17(20-10-21-18)23-19-22-14-8-7-13(28-2)9-15(14)30-19/h3-10H,1-2H3,(H,20,21,22,23). The molecule has 0 atom stereocenters. The predicted molar refractivity (Wildman–Crippen MR) is 111 cm³/mol. The Balaban J connectivity index is 1.66. The van der Waals surface area contributed by atoms with Crippen LogP contribution in [0.5, 0.6) is 23.1 Å². The highest BCUT2D eigenvalue weighted by molar-refractivity contribution is 7.22. The van der Waals surface area contributed by atoms with Gasteiger partial charge in [0, 0.05) is 0 Å². The molecule has 2 aromatic heterocycles. The Kier molecular flexibility index (Phi) is 5.26. The van der Waals surface area contributed by atoms with Crippen LogP contribution in [0, 0.1) is 10.1 Å². The number of hydrogen-bond donors (Lipinski definition) is 1. The zero-order chi connectivity index (χ0) is 21.1. The third-order valence-corrected chi connectivity index (χ3v) is 5.00. The molecule has 0 fully saturated rings. The lowest BCUT2D eigenvalue weighted by Gasteiger charge is -2.08. The zero-order valence-corrected chi connectivity index (χ0v) is 16.7. The molecule has 0 saturated carbocycles. The predicted octanol–water partition coefficient (Wildman–Crippen LogP) is 4.55. The third-order valence-electron chi connectivity index (χ3n) is 4.07. The fourth-order valence-electron chi connectivity index (χ4n) is 2.64. The van der Waals surface area contributed by atoms with E-state index in [1.165, 1.54) is 17.7 Å². The van der Waals surface area contributed by atoms with Crippen molar-refractivity contribution in [2.45, 2.75) is 0 Å². The Bertz CT molecular complexity index is 1210. The minimum Gasteiger partial charge on any atom is -0.497 e. The summed E-state index contributed by atoms with van der Waals surface area (Å²) in [6.45, 7) is 0. The van der Waals surface area contributed by atoms with Crippen molar-refractivity contribution in [1.29, 1.82) is 0 Å². The van der Waals surface area contributed by atoms with Crippen LogP contribution < -0.4 is 19.5 Å². The molecule has 4 rings (SSSR count). The van der Waals surface area contributed by atoms with E-state index in [4.69, 9.17) is 14.2 Å². The van der Waals surface area contributed by atoms with E-state index in [1.807, 2.05) is 12.1 Å². The Morgan fingerprint density at radius 1 is 1.00 bits per heavy atom. The maximum atomic E-state index is 11.7. The van der Waals surface area contributed by atoms with Gasteiger partial charge in [-0.2, -0.15) is 4.98 Å². The summed E-state index contributed by atoms with van der Waals surface area (Å²) >= 11 is 1.32. The van der Waals surface area contributed by atoms with Crippen molar-refractivity contribution in [3.8, 4) is 23.1 Å². The second-order valence-electron chi connectivity index (χ2n) is 5.89. The van der Waals surface area contributed by atoms with Gasteiger partial charge in [0.1, 0.15) is 23.6 Å². The lowest BCUT2D eigenvalue weighted by molar-refractivity contribution is -0.385. The van der Waals surface area contributed by atoms with Crippen molar-refractivity contribution in [1.82, 2.24) is 15.0 Å². The first-order valence-electron chi connectivity index (χ1n) is 8.60. The molecule has 0 aliphatic rings. The van der Waals surface area contributed by atoms with Gasteiger partial charge >= 0.3 is 11.6 Å². The first-order valence-corrected chi connectivity index (χ1v) is 9.42. The Morgan fingerprint density at radius 2 is 1.70 bits per heavy atom. The summed E-state index contributed by atoms with van der Waals surface area (Å²) in [5, 5.41) is 15.1. The number of nitrogens with zero attached hydrogens (tertiary/aromatic N) is 4. The summed E-state index contributed by atoms with van der Waals surface area (Å²) in [6.07, 6.45) is 1.19. The van der Waals surface area contributed by atoms with Crippen LogP contribution in [0.4, 0.5) is 16.6 Å². The maximum absolute atomic E-state index is 11.7. The van der Waals surface area contributed by atoms with Gasteiger partial charge in [-0.15, -0.1) is 0 Å². The number of rotatable bonds is 7. The molecule has 30 heavy (non-hydrogen) atoms. The van der Waals surface area contributed by atoms with Gasteiger partial charge in [-0.3, -0.25) is 10.1 Å². The number of anilines is 2. The number of nitrogens with one attached hydrogen (secondary N) is 1. The summed E-state index contributed by atoms with van der Waals surface area (Å²) < 4.78 is 16.8. The number of aromatic nitrogens is 3. The molecule has 0 spiro atoms. The molecule has 0 radical (unpaired) electrons. The van der Waals surface area contributed by atoms with Crippen LogP contribution in [0.1, 0.15) is 0 Å². The smallest absolute Gasteiger partial charge is 0.373 e. The summed E-state index contributed by atoms with van der Waals surface area (Å²) in [4.78, 5) is 23.5. The van der Waals surface area contributed by atoms with Crippen LogP contribution in [0.15, 0.2) is 48.8 Å². The van der Waals surface area contributed by atoms with Gasteiger partial charge in [-0.25, -0.2) is 9.97 Å². The monoisotopic (exact) mass is 425 g/mol. The van der Waals surface area contributed by atoms with Crippen LogP contribution >= 0.6 is 11.3 Å². The Hall–Kier alpha value is -3.99. The highest BCUT2D eigenvalue weighted by Crippen LogP contribution is 2.37. The average Bonchev–Trinajstić information content (AvgIpc) is 3.15. The molecule has 10 nitrogen and oxygen atoms in total. The van der Waals surface area contributed by atoms with E-state index in [1.54, 1.807) is 44.6 Å². The van der Waals surface area contributed by atoms with Crippen molar-refractivity contribution in [3.63, 3.8) is 0 Å². The largest absolute Gasteiger partial charge is 0.497 e. The SMILES string of the molecule is COc1ccc(Oc2ncnc(Nc3nc4ccc(OC)cc4s3)c2[N+](=O)[O-])cc1. The van der Waals surface area contributed by atoms with Crippen LogP contribution in [-0.2, 0) is 0 Å². The highest BCUT2D eigenvalue weighted by Gasteiger charge is 2.26. The summed E-state index contributed by atoms with van der Waals surface area (Å²) in [5.74, 6) is 1.49. The molecule has 4 aromatic rings. The normalized spacial score (nSPS) is 10.6. The second-order valence-corrected chi connectivity index (χ2v) is 6.92. The van der Waals surface area contributed by atoms with E-state index in [-0.39, 0.29) is 11.7 Å². The van der Waals surface area contributed by atoms with Crippen LogP contribution in [-0.4, -0.2) is 34.1 Å². The Morgan fingerprint density at radius 3 is 2.40 bits per heavy atom. The van der Waals surface area contributed by atoms with Gasteiger partial charge in [0.25, 0.3) is 0 Å². The van der Waals surface area contributed by atoms with Gasteiger partial charge in [0.15, 0.2) is 5.13 Å². The number of ether oxygens (including phenoxy) is 3. The molecular weight excluding hydrogens is 410 g/mol. The fraction of sp³-hybridized carbons (Fsp3) is 0.105. The third kappa shape index (κ3) is 3.91. The van der Waals surface area contributed by atoms with Crippen LogP contribution in [0.2, 0.25) is 0 Å². The molecule has 152 valence electrons. The van der Waals surface area contributed by atoms with Crippen molar-refractivity contribution in [2.24, 2.45) is 0 Å². The number of nitro groups is 1. The quantitative estimate of drug-likeness (QED) is 0.336. The summed E-state index contributed by atoms with van der Waals surface area (Å²) in [6, 6.07) is 12.0. The lowest BCUT2D eigenvalue weighted by Crippen LogP contribution is -2.03. The van der Waals surface area contributed by atoms with Gasteiger partial charge in [-0.05, 0) is 42.5 Å². The number of methoxy groups -OCH3 is 2. The van der Waals surface area contributed by atoms with Crippen molar-refractivity contribution < 1.29 is 19.1 Å². The van der Waals surface area contributed by atoms with Crippen LogP contribution in [0.25, 0.3) is 10.2 Å². The van der Waals surface area contributed by atoms with Crippen molar-refractivity contribution >= 4 is 38.2 Å². The molecule has 0 aliphatic heterocycles. The van der Waals surface area contributed by atoms with Crippen molar-refractivity contribution in [3.05, 3.63) is 58.9 Å². The van der Waals surface area contributed by atoms with E-state index >= 15 is 0 Å². The zero-order valence-electron chi connectivity index (χ0n) is 15.9. The molecule has 11 heteroatoms. The summed E-state index contributed by atoms with van der Waals surface area (Å²) in [5.41, 5.74) is 0.333. The van der Waals surface area contributed by atoms with E-state index in [9.17, 15) is 10.1 Å². The fourth-order valence-corrected chi connectivity index (χ4v) is 3.53. The minimum atomic E-state index is -0.600. The molecule has 0 unspecified atom stereocenters. The van der Waals surface area contributed by atoms with Gasteiger partial charge in [0.2, 0.25) is 5.82 Å². The van der Waals surface area contributed by atoms with E-state index in [0.717, 1.165) is 10.2 Å². The first-order chi connectivity index (χ1) is 14.6. The van der Waals surface area contributed by atoms with Crippen molar-refractivity contribution in [2.75, 3.05) is 19.5 Å². The molecule has 2 heterocycles. The highest BCUT2D eigenvalue weighted by atomic mass is 32.1. The average molecular weight is 425 g/mol. The Labute approximate surface area is 174 Å². The molecule has 1 N–H and O–H groups in total. The number of fused-ring (bicyclic) bond motifs is 1. The van der Waals surface area contributed by atoms with Crippen LogP contribution in [0.3, 0.4) is 0 Å². The topological polar surface area (TPSA) is 122 Å². The number of thiazole rings is 1. The minimum absolute atomic E-state index is 0.0236. The first kappa shape index (κ1) is 19.3. The lowest BCUT2D eigenvalue weighted by atomic mass is 10.3. The van der Waals surface area contributed by atoms with Gasteiger partial charge < -0.3 is 19.5 Å². The molecule has 0 saturated heterocycles. The van der Waals surface area contributed by atoms with E-state index in [0.29, 0.717) is 22.4 Å². The van der Waals surface area contributed by atoms with E-state index in [2.05, 4.69) is 20.3 Å². The van der Waals surface area contributed by atoms with Gasteiger partial charge in [-0.1, -0.05) is 11.3 Å². The molecule has 2 aromatic carbocycles. The molecule has 0 bridgehead atoms. The molecule has 0 amide bonds. The maximum Gasteiger partial charge on any atom is 0.373 e. The molecule has 0 aliphatic carbocycles.